The van der Waals surface area contributed by atoms with Crippen molar-refractivity contribution in [3.8, 4) is 0 Å². The molecule has 0 aliphatic carbocycles. The number of halogens is 3. The lowest BCUT2D eigenvalue weighted by Crippen LogP contribution is -2.36. The number of hydrogen-bond donors (Lipinski definition) is 3. The molecular weight excluding hydrogens is 393 g/mol. The number of nitrogens with one attached hydrogen (secondary N) is 2. The number of carboxylic acid groups (broad SMARTS) is 1. The van der Waals surface area contributed by atoms with Crippen LogP contribution in [-0.2, 0) is 9.53 Å². The SMILES string of the molecule is Cc1cc(NC(=O)c2ccc(N3CCOCC3)c(C)c2)n[nH]1.O=C(O)C(F)(F)F. The van der Waals surface area contributed by atoms with Gasteiger partial charge in [0.15, 0.2) is 5.82 Å². The summed E-state index contributed by atoms with van der Waals surface area (Å²) in [6, 6.07) is 7.57. The molecule has 158 valence electrons. The smallest absolute Gasteiger partial charge is 0.475 e. The molecule has 0 atom stereocenters. The fourth-order valence-electron chi connectivity index (χ4n) is 2.63. The number of carbonyl (C=O) groups is 2. The minimum atomic E-state index is -5.08. The van der Waals surface area contributed by atoms with E-state index in [0.29, 0.717) is 11.4 Å². The standard InChI is InChI=1S/C16H20N4O2.C2HF3O2/c1-11-9-13(16(21)17-15-10-12(2)18-19-15)3-4-14(11)20-5-7-22-8-6-20;3-2(4,5)1(6)7/h3-4,9-10H,5-8H2,1-2H3,(H2,17,18,19,21);(H,6,7). The maximum absolute atomic E-state index is 12.3. The van der Waals surface area contributed by atoms with E-state index in [1.807, 2.05) is 32.0 Å². The third-order valence-corrected chi connectivity index (χ3v) is 4.00. The zero-order valence-corrected chi connectivity index (χ0v) is 15.8. The van der Waals surface area contributed by atoms with Crippen molar-refractivity contribution in [2.45, 2.75) is 20.0 Å². The molecule has 1 aliphatic rings. The van der Waals surface area contributed by atoms with Crippen molar-refractivity contribution >= 4 is 23.4 Å². The van der Waals surface area contributed by atoms with Gasteiger partial charge < -0.3 is 20.1 Å². The molecule has 3 N–H and O–H groups in total. The van der Waals surface area contributed by atoms with E-state index >= 15 is 0 Å². The maximum atomic E-state index is 12.3. The number of nitrogens with zero attached hydrogens (tertiary/aromatic N) is 2. The molecular formula is C18H21F3N4O4. The Morgan fingerprint density at radius 2 is 1.83 bits per heavy atom. The van der Waals surface area contributed by atoms with Crippen LogP contribution in [0.5, 0.6) is 0 Å². The van der Waals surface area contributed by atoms with Crippen molar-refractivity contribution in [3.63, 3.8) is 0 Å². The van der Waals surface area contributed by atoms with Crippen molar-refractivity contribution in [1.82, 2.24) is 10.2 Å². The van der Waals surface area contributed by atoms with Crippen LogP contribution < -0.4 is 10.2 Å². The van der Waals surface area contributed by atoms with Gasteiger partial charge in [-0.25, -0.2) is 4.79 Å². The first-order chi connectivity index (χ1) is 13.6. The molecule has 1 amide bonds. The summed E-state index contributed by atoms with van der Waals surface area (Å²) in [5.74, 6) is -2.37. The fourth-order valence-corrected chi connectivity index (χ4v) is 2.63. The monoisotopic (exact) mass is 414 g/mol. The van der Waals surface area contributed by atoms with Gasteiger partial charge in [-0.1, -0.05) is 0 Å². The molecule has 3 rings (SSSR count). The Balaban J connectivity index is 0.000000370. The topological polar surface area (TPSA) is 108 Å². The number of aromatic nitrogens is 2. The van der Waals surface area contributed by atoms with Crippen LogP contribution in [0, 0.1) is 13.8 Å². The van der Waals surface area contributed by atoms with Gasteiger partial charge in [0.1, 0.15) is 0 Å². The van der Waals surface area contributed by atoms with Crippen molar-refractivity contribution in [2.75, 3.05) is 36.5 Å². The van der Waals surface area contributed by atoms with Gasteiger partial charge >= 0.3 is 12.1 Å². The second-order valence-electron chi connectivity index (χ2n) is 6.29. The van der Waals surface area contributed by atoms with Gasteiger partial charge in [0.2, 0.25) is 0 Å². The Morgan fingerprint density at radius 3 is 2.31 bits per heavy atom. The first-order valence-corrected chi connectivity index (χ1v) is 8.64. The van der Waals surface area contributed by atoms with Crippen molar-refractivity contribution in [1.29, 1.82) is 0 Å². The highest BCUT2D eigenvalue weighted by molar-refractivity contribution is 6.04. The number of ether oxygens (including phenoxy) is 1. The van der Waals surface area contributed by atoms with Gasteiger partial charge in [-0.3, -0.25) is 9.89 Å². The number of carboxylic acids is 1. The molecule has 8 nitrogen and oxygen atoms in total. The average Bonchev–Trinajstić information content (AvgIpc) is 3.06. The van der Waals surface area contributed by atoms with Crippen LogP contribution in [0.15, 0.2) is 24.3 Å². The van der Waals surface area contributed by atoms with Gasteiger partial charge in [0.05, 0.1) is 13.2 Å². The summed E-state index contributed by atoms with van der Waals surface area (Å²) in [6.45, 7) is 7.20. The molecule has 0 radical (unpaired) electrons. The summed E-state index contributed by atoms with van der Waals surface area (Å²) in [7, 11) is 0. The number of H-pyrrole nitrogens is 1. The van der Waals surface area contributed by atoms with Gasteiger partial charge in [0, 0.05) is 36.1 Å². The van der Waals surface area contributed by atoms with Crippen LogP contribution in [0.4, 0.5) is 24.7 Å². The molecule has 1 aromatic heterocycles. The quantitative estimate of drug-likeness (QED) is 0.713. The summed E-state index contributed by atoms with van der Waals surface area (Å²) >= 11 is 0. The van der Waals surface area contributed by atoms with Crippen molar-refractivity contribution in [3.05, 3.63) is 41.1 Å². The molecule has 1 fully saturated rings. The summed E-state index contributed by atoms with van der Waals surface area (Å²) in [6.07, 6.45) is -5.08. The largest absolute Gasteiger partial charge is 0.490 e. The molecule has 0 bridgehead atoms. The first-order valence-electron chi connectivity index (χ1n) is 8.64. The Bertz CT molecular complexity index is 861. The van der Waals surface area contributed by atoms with Crippen LogP contribution in [0.2, 0.25) is 0 Å². The zero-order chi connectivity index (χ0) is 21.6. The normalized spacial score (nSPS) is 14.0. The Kier molecular flexibility index (Phi) is 7.21. The minimum Gasteiger partial charge on any atom is -0.475 e. The molecule has 11 heteroatoms. The molecule has 0 spiro atoms. The molecule has 1 aliphatic heterocycles. The zero-order valence-electron chi connectivity index (χ0n) is 15.8. The Labute approximate surface area is 164 Å². The molecule has 2 heterocycles. The van der Waals surface area contributed by atoms with Gasteiger partial charge in [-0.15, -0.1) is 0 Å². The lowest BCUT2D eigenvalue weighted by Gasteiger charge is -2.30. The number of amides is 1. The van der Waals surface area contributed by atoms with Crippen LogP contribution in [-0.4, -0.2) is 59.7 Å². The lowest BCUT2D eigenvalue weighted by molar-refractivity contribution is -0.192. The van der Waals surface area contributed by atoms with Gasteiger partial charge in [0.25, 0.3) is 5.91 Å². The van der Waals surface area contributed by atoms with Crippen molar-refractivity contribution in [2.24, 2.45) is 0 Å². The molecule has 1 saturated heterocycles. The van der Waals surface area contributed by atoms with Crippen LogP contribution >= 0.6 is 0 Å². The molecule has 0 unspecified atom stereocenters. The summed E-state index contributed by atoms with van der Waals surface area (Å²) < 4.78 is 37.1. The van der Waals surface area contributed by atoms with Crippen LogP contribution in [0.1, 0.15) is 21.6 Å². The predicted octanol–water partition coefficient (Wildman–Crippen LogP) is 2.75. The number of carbonyl (C=O) groups excluding carboxylic acids is 1. The van der Waals surface area contributed by atoms with Gasteiger partial charge in [-0.05, 0) is 37.6 Å². The number of rotatable bonds is 3. The number of aromatic amines is 1. The Hall–Kier alpha value is -3.08. The number of aliphatic carboxylic acids is 1. The number of anilines is 2. The van der Waals surface area contributed by atoms with E-state index in [1.165, 1.54) is 0 Å². The summed E-state index contributed by atoms with van der Waals surface area (Å²) in [5.41, 5.74) is 3.80. The molecule has 2 aromatic rings. The maximum Gasteiger partial charge on any atom is 0.490 e. The Morgan fingerprint density at radius 1 is 1.21 bits per heavy atom. The second kappa shape index (κ2) is 9.41. The molecule has 29 heavy (non-hydrogen) atoms. The summed E-state index contributed by atoms with van der Waals surface area (Å²) in [4.78, 5) is 23.4. The number of aryl methyl sites for hydroxylation is 2. The van der Waals surface area contributed by atoms with E-state index in [-0.39, 0.29) is 5.91 Å². The van der Waals surface area contributed by atoms with Crippen LogP contribution in [0.3, 0.4) is 0 Å². The van der Waals surface area contributed by atoms with E-state index in [0.717, 1.165) is 43.2 Å². The fraction of sp³-hybridized carbons (Fsp3) is 0.389. The minimum absolute atomic E-state index is 0.150. The number of benzene rings is 1. The molecule has 0 saturated carbocycles. The average molecular weight is 414 g/mol. The van der Waals surface area contributed by atoms with E-state index in [1.54, 1.807) is 6.07 Å². The highest BCUT2D eigenvalue weighted by Crippen LogP contribution is 2.22. The van der Waals surface area contributed by atoms with E-state index < -0.39 is 12.1 Å². The second-order valence-corrected chi connectivity index (χ2v) is 6.29. The van der Waals surface area contributed by atoms with E-state index in [9.17, 15) is 18.0 Å². The first kappa shape index (κ1) is 22.2. The number of hydrogen-bond acceptors (Lipinski definition) is 5. The highest BCUT2D eigenvalue weighted by Gasteiger charge is 2.38. The number of alkyl halides is 3. The number of morpholine rings is 1. The van der Waals surface area contributed by atoms with Crippen LogP contribution in [0.25, 0.3) is 0 Å². The van der Waals surface area contributed by atoms with Crippen molar-refractivity contribution < 1.29 is 32.6 Å². The predicted molar refractivity (Wildman–Crippen MR) is 99.2 cm³/mol. The van der Waals surface area contributed by atoms with E-state index in [2.05, 4.69) is 20.4 Å². The third-order valence-electron chi connectivity index (χ3n) is 4.00. The highest BCUT2D eigenvalue weighted by atomic mass is 19.4. The summed E-state index contributed by atoms with van der Waals surface area (Å²) in [5, 5.41) is 16.7. The third kappa shape index (κ3) is 6.49. The molecule has 1 aromatic carbocycles. The van der Waals surface area contributed by atoms with Gasteiger partial charge in [-0.2, -0.15) is 18.3 Å². The van der Waals surface area contributed by atoms with E-state index in [4.69, 9.17) is 14.6 Å². The lowest BCUT2D eigenvalue weighted by atomic mass is 10.1.